The molecule has 4 heteroatoms. The van der Waals surface area contributed by atoms with Crippen LogP contribution in [0.25, 0.3) is 0 Å². The van der Waals surface area contributed by atoms with Gasteiger partial charge in [0.05, 0.1) is 0 Å². The molecule has 0 saturated heterocycles. The van der Waals surface area contributed by atoms with E-state index in [1.807, 2.05) is 0 Å². The van der Waals surface area contributed by atoms with Gasteiger partial charge in [-0.25, -0.2) is 0 Å². The van der Waals surface area contributed by atoms with Gasteiger partial charge in [-0.2, -0.15) is 0 Å². The zero-order valence-electron chi connectivity index (χ0n) is 14.9. The summed E-state index contributed by atoms with van der Waals surface area (Å²) in [5.41, 5.74) is 2.90. The average molecular weight is 338 g/mol. The van der Waals surface area contributed by atoms with Crippen LogP contribution in [0.5, 0.6) is 11.5 Å². The van der Waals surface area contributed by atoms with Crippen LogP contribution in [0.15, 0.2) is 35.4 Å². The Hall–Kier alpha value is -2.36. The van der Waals surface area contributed by atoms with Gasteiger partial charge in [0.15, 0.2) is 11.5 Å². The molecule has 25 heavy (non-hydrogen) atoms. The second kappa shape index (κ2) is 4.43. The van der Waals surface area contributed by atoms with E-state index in [4.69, 9.17) is 0 Å². The Kier molecular flexibility index (Phi) is 2.85. The number of carbonyl (C=O) groups excluding carboxylic acids is 2. The van der Waals surface area contributed by atoms with Crippen molar-refractivity contribution in [3.8, 4) is 11.5 Å². The first-order chi connectivity index (χ1) is 11.5. The van der Waals surface area contributed by atoms with E-state index in [-0.39, 0.29) is 22.3 Å². The maximum Gasteiger partial charge on any atom is 0.226 e. The Labute approximate surface area is 146 Å². The molecule has 130 valence electrons. The maximum absolute atomic E-state index is 12.1. The molecule has 1 spiro atoms. The zero-order chi connectivity index (χ0) is 18.4. The van der Waals surface area contributed by atoms with Gasteiger partial charge < -0.3 is 10.2 Å². The molecule has 1 saturated carbocycles. The third-order valence-electron chi connectivity index (χ3n) is 6.18. The van der Waals surface area contributed by atoms with Gasteiger partial charge >= 0.3 is 0 Å². The molecule has 1 aromatic carbocycles. The molecule has 0 radical (unpaired) electrons. The molecule has 0 amide bonds. The number of phenolic OH excluding ortho intramolecular Hbond substituents is 2. The van der Waals surface area contributed by atoms with E-state index in [2.05, 4.69) is 27.7 Å². The number of aromatic hydroxyl groups is 2. The van der Waals surface area contributed by atoms with Crippen LogP contribution in [0.4, 0.5) is 0 Å². The van der Waals surface area contributed by atoms with E-state index in [1.54, 1.807) is 12.1 Å². The largest absolute Gasteiger partial charge is 0.504 e. The van der Waals surface area contributed by atoms with Crippen molar-refractivity contribution < 1.29 is 19.8 Å². The molecular formula is C21H22O4. The lowest BCUT2D eigenvalue weighted by molar-refractivity contribution is -0.131. The van der Waals surface area contributed by atoms with Gasteiger partial charge in [0.1, 0.15) is 0 Å². The number of carbonyl (C=O) groups is 2. The van der Waals surface area contributed by atoms with E-state index in [0.717, 1.165) is 35.1 Å². The van der Waals surface area contributed by atoms with Gasteiger partial charge in [-0.3, -0.25) is 9.59 Å². The summed E-state index contributed by atoms with van der Waals surface area (Å²) in [7, 11) is 0. The lowest BCUT2D eigenvalue weighted by Gasteiger charge is -2.30. The smallest absolute Gasteiger partial charge is 0.226 e. The summed E-state index contributed by atoms with van der Waals surface area (Å²) in [5, 5.41) is 20.1. The van der Waals surface area contributed by atoms with Gasteiger partial charge in [-0.05, 0) is 70.2 Å². The summed E-state index contributed by atoms with van der Waals surface area (Å²) in [6.07, 6.45) is 4.53. The van der Waals surface area contributed by atoms with Crippen molar-refractivity contribution in [1.82, 2.24) is 0 Å². The normalized spacial score (nSPS) is 28.6. The first kappa shape index (κ1) is 16.1. The average Bonchev–Trinajstić information content (AvgIpc) is 2.82. The molecule has 1 atom stereocenters. The maximum atomic E-state index is 12.1. The van der Waals surface area contributed by atoms with Crippen LogP contribution in [0.1, 0.15) is 51.7 Å². The summed E-state index contributed by atoms with van der Waals surface area (Å²) in [5.74, 6) is -1.22. The Morgan fingerprint density at radius 2 is 1.24 bits per heavy atom. The van der Waals surface area contributed by atoms with Crippen LogP contribution in [-0.2, 0) is 20.4 Å². The number of fused-ring (bicyclic) bond motifs is 4. The Morgan fingerprint density at radius 1 is 0.760 bits per heavy atom. The molecule has 0 bridgehead atoms. The molecular weight excluding hydrogens is 316 g/mol. The highest BCUT2D eigenvalue weighted by Gasteiger charge is 2.59. The van der Waals surface area contributed by atoms with E-state index in [1.165, 1.54) is 12.2 Å². The minimum atomic E-state index is -0.481. The van der Waals surface area contributed by atoms with Gasteiger partial charge in [-0.15, -0.1) is 0 Å². The number of allylic oxidation sites excluding steroid dienone is 4. The predicted octanol–water partition coefficient (Wildman–Crippen LogP) is 3.45. The summed E-state index contributed by atoms with van der Waals surface area (Å²) in [6, 6.07) is 3.28. The number of ketones is 2. The predicted molar refractivity (Wildman–Crippen MR) is 93.7 cm³/mol. The quantitative estimate of drug-likeness (QED) is 0.432. The summed E-state index contributed by atoms with van der Waals surface area (Å²) >= 11 is 0. The van der Waals surface area contributed by atoms with Crippen LogP contribution in [0, 0.1) is 5.41 Å². The van der Waals surface area contributed by atoms with Crippen molar-refractivity contribution in [2.45, 2.75) is 51.4 Å². The number of hydrogen-bond donors (Lipinski definition) is 2. The number of phenols is 2. The number of hydrogen-bond acceptors (Lipinski definition) is 4. The zero-order valence-corrected chi connectivity index (χ0v) is 14.9. The standard InChI is InChI=1S/C21H22O4/c1-19(2)9-21(13-7-17(24)15(22)5-11(13)19)10-20(3,4)12-6-16(23)18(25)8-14(12)21/h5-8,22,24H,9-10H2,1-4H3. The first-order valence-electron chi connectivity index (χ1n) is 8.58. The van der Waals surface area contributed by atoms with Crippen LogP contribution in [-0.4, -0.2) is 21.8 Å². The molecule has 0 aliphatic heterocycles. The van der Waals surface area contributed by atoms with Crippen molar-refractivity contribution in [3.63, 3.8) is 0 Å². The number of benzene rings is 1. The molecule has 3 aliphatic carbocycles. The summed E-state index contributed by atoms with van der Waals surface area (Å²) < 4.78 is 0. The van der Waals surface area contributed by atoms with Crippen molar-refractivity contribution in [1.29, 1.82) is 0 Å². The van der Waals surface area contributed by atoms with Crippen LogP contribution in [0.2, 0.25) is 0 Å². The highest BCUT2D eigenvalue weighted by molar-refractivity contribution is 6.47. The minimum absolute atomic E-state index is 0.124. The molecule has 0 heterocycles. The van der Waals surface area contributed by atoms with E-state index < -0.39 is 17.0 Å². The molecule has 4 nitrogen and oxygen atoms in total. The molecule has 1 unspecified atom stereocenters. The topological polar surface area (TPSA) is 74.6 Å². The van der Waals surface area contributed by atoms with Crippen LogP contribution in [0.3, 0.4) is 0 Å². The molecule has 1 fully saturated rings. The van der Waals surface area contributed by atoms with Crippen molar-refractivity contribution in [2.75, 3.05) is 0 Å². The third-order valence-corrected chi connectivity index (χ3v) is 6.18. The van der Waals surface area contributed by atoms with E-state index >= 15 is 0 Å². The second-order valence-corrected chi connectivity index (χ2v) is 8.93. The highest BCUT2D eigenvalue weighted by atomic mass is 16.3. The summed E-state index contributed by atoms with van der Waals surface area (Å²) in [6.45, 7) is 8.41. The van der Waals surface area contributed by atoms with E-state index in [9.17, 15) is 19.8 Å². The molecule has 1 aromatic rings. The third kappa shape index (κ3) is 1.94. The Morgan fingerprint density at radius 3 is 1.84 bits per heavy atom. The van der Waals surface area contributed by atoms with Crippen molar-refractivity contribution in [2.24, 2.45) is 5.41 Å². The fraction of sp³-hybridized carbons (Fsp3) is 0.429. The Bertz CT molecular complexity index is 914. The molecule has 2 N–H and O–H groups in total. The SMILES string of the molecule is CC1(C)CC2(CC(C)(C)c3cc(O)c(O)cc32)C2=CC(=O)C(=O)C=C21. The van der Waals surface area contributed by atoms with Crippen LogP contribution >= 0.6 is 0 Å². The molecule has 4 rings (SSSR count). The second-order valence-electron chi connectivity index (χ2n) is 8.93. The summed E-state index contributed by atoms with van der Waals surface area (Å²) in [4.78, 5) is 24.1. The molecule has 0 aromatic heterocycles. The van der Waals surface area contributed by atoms with Gasteiger partial charge in [0, 0.05) is 5.41 Å². The van der Waals surface area contributed by atoms with Gasteiger partial charge in [0.2, 0.25) is 11.6 Å². The fourth-order valence-corrected chi connectivity index (χ4v) is 5.34. The lowest BCUT2D eigenvalue weighted by Crippen LogP contribution is -2.27. The monoisotopic (exact) mass is 338 g/mol. The highest BCUT2D eigenvalue weighted by Crippen LogP contribution is 2.66. The van der Waals surface area contributed by atoms with Crippen molar-refractivity contribution >= 4 is 11.6 Å². The minimum Gasteiger partial charge on any atom is -0.504 e. The number of rotatable bonds is 0. The van der Waals surface area contributed by atoms with Gasteiger partial charge in [-0.1, -0.05) is 27.7 Å². The molecule has 3 aliphatic rings. The van der Waals surface area contributed by atoms with Crippen molar-refractivity contribution in [3.05, 3.63) is 46.6 Å². The first-order valence-corrected chi connectivity index (χ1v) is 8.58. The Balaban J connectivity index is 2.03. The van der Waals surface area contributed by atoms with E-state index in [0.29, 0.717) is 0 Å². The van der Waals surface area contributed by atoms with Gasteiger partial charge in [0.25, 0.3) is 0 Å². The lowest BCUT2D eigenvalue weighted by atomic mass is 9.72. The van der Waals surface area contributed by atoms with Crippen LogP contribution < -0.4 is 0 Å². The fourth-order valence-electron chi connectivity index (χ4n) is 5.34.